The van der Waals surface area contributed by atoms with Gasteiger partial charge in [0.25, 0.3) is 10.0 Å². The van der Waals surface area contributed by atoms with Crippen LogP contribution in [-0.2, 0) is 15.6 Å². The lowest BCUT2D eigenvalue weighted by molar-refractivity contribution is -0.0852. The fourth-order valence-electron chi connectivity index (χ4n) is 6.41. The Kier molecular flexibility index (Phi) is 7.80. The number of aryl methyl sites for hydroxylation is 1. The van der Waals surface area contributed by atoms with Crippen molar-refractivity contribution in [1.82, 2.24) is 4.90 Å². The van der Waals surface area contributed by atoms with Gasteiger partial charge in [-0.3, -0.25) is 9.21 Å². The number of hydrogen-bond acceptors (Lipinski definition) is 5. The first-order chi connectivity index (χ1) is 18.3. The van der Waals surface area contributed by atoms with E-state index in [1.807, 2.05) is 42.5 Å². The van der Waals surface area contributed by atoms with Crippen LogP contribution in [0.25, 0.3) is 0 Å². The zero-order chi connectivity index (χ0) is 26.8. The maximum Gasteiger partial charge on any atom is 0.264 e. The number of aliphatic hydroxyl groups is 1. The van der Waals surface area contributed by atoms with E-state index in [1.54, 1.807) is 35.7 Å². The van der Waals surface area contributed by atoms with Crippen LogP contribution >= 0.6 is 0 Å². The molecule has 0 radical (unpaired) electrons. The van der Waals surface area contributed by atoms with Crippen molar-refractivity contribution in [3.05, 3.63) is 90.0 Å². The number of piperidine rings is 1. The molecule has 1 saturated carbocycles. The van der Waals surface area contributed by atoms with Gasteiger partial charge in [-0.1, -0.05) is 55.3 Å². The van der Waals surface area contributed by atoms with Gasteiger partial charge in [-0.25, -0.2) is 8.42 Å². The molecule has 0 aromatic heterocycles. The summed E-state index contributed by atoms with van der Waals surface area (Å²) in [5.74, 6) is 0.622. The van der Waals surface area contributed by atoms with E-state index in [0.717, 1.165) is 49.9 Å². The smallest absolute Gasteiger partial charge is 0.264 e. The van der Waals surface area contributed by atoms with Crippen molar-refractivity contribution in [2.24, 2.45) is 0 Å². The maximum atomic E-state index is 14.0. The topological polar surface area (TPSA) is 70.1 Å². The van der Waals surface area contributed by atoms with Crippen LogP contribution in [0.5, 0.6) is 5.75 Å². The third-order valence-corrected chi connectivity index (χ3v) is 10.2. The molecule has 2 atom stereocenters. The molecule has 1 aliphatic heterocycles. The van der Waals surface area contributed by atoms with Gasteiger partial charge in [-0.2, -0.15) is 0 Å². The van der Waals surface area contributed by atoms with E-state index in [9.17, 15) is 13.5 Å². The van der Waals surface area contributed by atoms with Crippen LogP contribution in [0.1, 0.15) is 49.7 Å². The quantitative estimate of drug-likeness (QED) is 0.434. The highest BCUT2D eigenvalue weighted by molar-refractivity contribution is 7.92. The Morgan fingerprint density at radius 2 is 1.55 bits per heavy atom. The summed E-state index contributed by atoms with van der Waals surface area (Å²) in [6.07, 6.45) is 5.21. The Morgan fingerprint density at radius 1 is 0.895 bits per heavy atom. The average Bonchev–Trinajstić information content (AvgIpc) is 2.94. The van der Waals surface area contributed by atoms with E-state index >= 15 is 0 Å². The van der Waals surface area contributed by atoms with Crippen molar-refractivity contribution in [2.45, 2.75) is 68.0 Å². The van der Waals surface area contributed by atoms with Gasteiger partial charge < -0.3 is 9.84 Å². The second-order valence-corrected chi connectivity index (χ2v) is 12.4. The average molecular weight is 535 g/mol. The normalized spacial score (nSPS) is 23.2. The van der Waals surface area contributed by atoms with Gasteiger partial charge in [0.15, 0.2) is 0 Å². The predicted octanol–water partition coefficient (Wildman–Crippen LogP) is 5.49. The Hall–Kier alpha value is -2.87. The maximum absolute atomic E-state index is 14.0. The standard InChI is InChI=1S/C31H38N2O4S/c1-24-10-6-7-13-29(24)31(34)21-9-8-14-30(31)32-22-19-26(20-23-32)33(25-11-4-3-5-12-25)38(35,36)28-17-15-27(37-2)16-18-28/h3-7,10-13,15-18,26,30,34H,8-9,14,19-23H2,1-2H3. The molecule has 6 nitrogen and oxygen atoms in total. The molecule has 5 rings (SSSR count). The minimum atomic E-state index is -3.78. The first-order valence-electron chi connectivity index (χ1n) is 13.6. The minimum Gasteiger partial charge on any atom is -0.497 e. The number of para-hydroxylation sites is 1. The molecule has 0 bridgehead atoms. The van der Waals surface area contributed by atoms with Crippen LogP contribution in [-0.4, -0.2) is 50.7 Å². The van der Waals surface area contributed by atoms with Crippen molar-refractivity contribution in [1.29, 1.82) is 0 Å². The van der Waals surface area contributed by atoms with E-state index in [-0.39, 0.29) is 17.0 Å². The molecule has 1 heterocycles. The van der Waals surface area contributed by atoms with E-state index in [1.165, 1.54) is 0 Å². The summed E-state index contributed by atoms with van der Waals surface area (Å²) in [6, 6.07) is 24.0. The molecule has 1 saturated heterocycles. The van der Waals surface area contributed by atoms with Gasteiger partial charge in [-0.15, -0.1) is 0 Å². The molecule has 2 fully saturated rings. The molecular formula is C31H38N2O4S. The Morgan fingerprint density at radius 3 is 2.21 bits per heavy atom. The molecule has 7 heteroatoms. The van der Waals surface area contributed by atoms with Crippen LogP contribution in [0.2, 0.25) is 0 Å². The van der Waals surface area contributed by atoms with Crippen molar-refractivity contribution >= 4 is 15.7 Å². The number of nitrogens with zero attached hydrogens (tertiary/aromatic N) is 2. The third-order valence-electron chi connectivity index (χ3n) is 8.35. The van der Waals surface area contributed by atoms with Crippen LogP contribution in [0, 0.1) is 6.92 Å². The zero-order valence-electron chi connectivity index (χ0n) is 22.3. The molecule has 1 N–H and O–H groups in total. The number of sulfonamides is 1. The van der Waals surface area contributed by atoms with Gasteiger partial charge >= 0.3 is 0 Å². The second kappa shape index (κ2) is 11.1. The summed E-state index contributed by atoms with van der Waals surface area (Å²) < 4.78 is 34.8. The molecule has 202 valence electrons. The molecule has 3 aromatic carbocycles. The zero-order valence-corrected chi connectivity index (χ0v) is 23.1. The highest BCUT2D eigenvalue weighted by Gasteiger charge is 2.45. The molecule has 3 aromatic rings. The van der Waals surface area contributed by atoms with E-state index in [0.29, 0.717) is 24.3 Å². The van der Waals surface area contributed by atoms with Gasteiger partial charge in [-0.05, 0) is 80.1 Å². The Labute approximate surface area is 226 Å². The van der Waals surface area contributed by atoms with E-state index in [4.69, 9.17) is 4.74 Å². The number of likely N-dealkylation sites (tertiary alicyclic amines) is 1. The first kappa shape index (κ1) is 26.7. The number of rotatable bonds is 7. The SMILES string of the molecule is COc1ccc(S(=O)(=O)N(c2ccccc2)C2CCN(C3CCCCC3(O)c3ccccc3C)CC2)cc1. The third kappa shape index (κ3) is 5.07. The molecule has 1 aliphatic carbocycles. The van der Waals surface area contributed by atoms with Crippen molar-refractivity contribution in [3.63, 3.8) is 0 Å². The highest BCUT2D eigenvalue weighted by atomic mass is 32.2. The molecule has 2 aliphatic rings. The molecule has 0 spiro atoms. The van der Waals surface area contributed by atoms with Crippen LogP contribution in [0.4, 0.5) is 5.69 Å². The summed E-state index contributed by atoms with van der Waals surface area (Å²) in [7, 11) is -2.21. The number of ether oxygens (including phenoxy) is 1. The lowest BCUT2D eigenvalue weighted by Gasteiger charge is -2.49. The van der Waals surface area contributed by atoms with Crippen molar-refractivity contribution < 1.29 is 18.3 Å². The van der Waals surface area contributed by atoms with Gasteiger partial charge in [0.05, 0.1) is 17.7 Å². The molecule has 0 amide bonds. The summed E-state index contributed by atoms with van der Waals surface area (Å²) in [4.78, 5) is 2.66. The van der Waals surface area contributed by atoms with Crippen LogP contribution < -0.4 is 9.04 Å². The number of benzene rings is 3. The van der Waals surface area contributed by atoms with Crippen LogP contribution in [0.15, 0.2) is 83.8 Å². The lowest BCUT2D eigenvalue weighted by Crippen LogP contribution is -2.57. The Bertz CT molecular complexity index is 1320. The van der Waals surface area contributed by atoms with E-state index < -0.39 is 15.6 Å². The van der Waals surface area contributed by atoms with E-state index in [2.05, 4.69) is 24.0 Å². The number of hydrogen-bond donors (Lipinski definition) is 1. The molecule has 2 unspecified atom stereocenters. The fourth-order valence-corrected chi connectivity index (χ4v) is 8.12. The molecular weight excluding hydrogens is 496 g/mol. The monoisotopic (exact) mass is 534 g/mol. The summed E-state index contributed by atoms with van der Waals surface area (Å²) in [5.41, 5.74) is 1.94. The van der Waals surface area contributed by atoms with Crippen LogP contribution in [0.3, 0.4) is 0 Å². The second-order valence-electron chi connectivity index (χ2n) is 10.6. The first-order valence-corrected chi connectivity index (χ1v) is 15.0. The Balaban J connectivity index is 1.40. The van der Waals surface area contributed by atoms with Gasteiger partial charge in [0, 0.05) is 25.2 Å². The number of anilines is 1. The van der Waals surface area contributed by atoms with Crippen molar-refractivity contribution in [3.8, 4) is 5.75 Å². The molecule has 38 heavy (non-hydrogen) atoms. The fraction of sp³-hybridized carbons (Fsp3) is 0.419. The highest BCUT2D eigenvalue weighted by Crippen LogP contribution is 2.42. The summed E-state index contributed by atoms with van der Waals surface area (Å²) >= 11 is 0. The van der Waals surface area contributed by atoms with Gasteiger partial charge in [0.1, 0.15) is 11.4 Å². The number of methoxy groups -OCH3 is 1. The van der Waals surface area contributed by atoms with Gasteiger partial charge in [0.2, 0.25) is 0 Å². The summed E-state index contributed by atoms with van der Waals surface area (Å²) in [5, 5.41) is 12.1. The minimum absolute atomic E-state index is 0.0293. The largest absolute Gasteiger partial charge is 0.497 e. The predicted molar refractivity (Wildman–Crippen MR) is 151 cm³/mol. The van der Waals surface area contributed by atoms with Crippen molar-refractivity contribution in [2.75, 3.05) is 24.5 Å². The summed E-state index contributed by atoms with van der Waals surface area (Å²) in [6.45, 7) is 3.56. The lowest BCUT2D eigenvalue weighted by atomic mass is 9.73.